The van der Waals surface area contributed by atoms with Gasteiger partial charge in [0, 0.05) is 0 Å². The zero-order valence-corrected chi connectivity index (χ0v) is 12.2. The van der Waals surface area contributed by atoms with Crippen LogP contribution in [0.1, 0.15) is 26.3 Å². The van der Waals surface area contributed by atoms with Gasteiger partial charge in [-0.15, -0.1) is 0 Å². The van der Waals surface area contributed by atoms with E-state index in [2.05, 4.69) is 0 Å². The maximum atomic E-state index is 11.7. The average molecular weight is 285 g/mol. The lowest BCUT2D eigenvalue weighted by Crippen LogP contribution is -2.34. The number of ether oxygens (including phenoxy) is 1. The minimum absolute atomic E-state index is 0.152. The highest BCUT2D eigenvalue weighted by Crippen LogP contribution is 2.13. The molecular weight excluding hydrogens is 266 g/mol. The van der Waals surface area contributed by atoms with Gasteiger partial charge in [-0.05, 0) is 11.0 Å². The van der Waals surface area contributed by atoms with Gasteiger partial charge in [0.25, 0.3) is 0 Å². The number of carbonyl (C=O) groups excluding carboxylic acids is 1. The standard InChI is InChI=1S/C13H19NO4S/c1-13(2,3)10-18-12(15)14-19(16,17)9-11-7-5-4-6-8-11/h4-8H,9-10H2,1-3H3,(H,14,15). The normalized spacial score (nSPS) is 11.9. The fourth-order valence-electron chi connectivity index (χ4n) is 1.27. The number of amides is 1. The van der Waals surface area contributed by atoms with Crippen molar-refractivity contribution in [3.63, 3.8) is 0 Å². The molecule has 0 aliphatic heterocycles. The quantitative estimate of drug-likeness (QED) is 0.921. The highest BCUT2D eigenvalue weighted by atomic mass is 32.2. The van der Waals surface area contributed by atoms with E-state index in [1.54, 1.807) is 30.3 Å². The number of carbonyl (C=O) groups is 1. The molecule has 0 aromatic heterocycles. The zero-order chi connectivity index (χ0) is 14.5. The van der Waals surface area contributed by atoms with E-state index < -0.39 is 16.1 Å². The summed E-state index contributed by atoms with van der Waals surface area (Å²) in [6.45, 7) is 5.82. The lowest BCUT2D eigenvalue weighted by atomic mass is 9.99. The summed E-state index contributed by atoms with van der Waals surface area (Å²) in [7, 11) is -3.73. The smallest absolute Gasteiger partial charge is 0.420 e. The summed E-state index contributed by atoms with van der Waals surface area (Å²) < 4.78 is 30.2. The van der Waals surface area contributed by atoms with E-state index in [9.17, 15) is 13.2 Å². The molecule has 0 spiro atoms. The van der Waals surface area contributed by atoms with E-state index in [1.165, 1.54) is 0 Å². The van der Waals surface area contributed by atoms with Crippen LogP contribution in [0.4, 0.5) is 4.79 Å². The van der Waals surface area contributed by atoms with Crippen LogP contribution in [0.5, 0.6) is 0 Å². The second-order valence-corrected chi connectivity index (χ2v) is 7.21. The molecule has 0 saturated heterocycles. The number of hydrogen-bond acceptors (Lipinski definition) is 4. The Balaban J connectivity index is 2.53. The van der Waals surface area contributed by atoms with Gasteiger partial charge in [-0.3, -0.25) is 0 Å². The molecule has 6 heteroatoms. The minimum atomic E-state index is -3.73. The highest BCUT2D eigenvalue weighted by Gasteiger charge is 2.19. The largest absolute Gasteiger partial charge is 0.448 e. The van der Waals surface area contributed by atoms with Gasteiger partial charge in [0.05, 0.1) is 12.4 Å². The molecular formula is C13H19NO4S. The summed E-state index contributed by atoms with van der Waals surface area (Å²) in [6.07, 6.45) is -0.939. The second kappa shape index (κ2) is 6.06. The number of nitrogens with one attached hydrogen (secondary N) is 1. The number of rotatable bonds is 4. The van der Waals surface area contributed by atoms with Gasteiger partial charge in [0.1, 0.15) is 0 Å². The summed E-state index contributed by atoms with van der Waals surface area (Å²) in [5.41, 5.74) is 0.402. The van der Waals surface area contributed by atoms with Crippen LogP contribution >= 0.6 is 0 Å². The monoisotopic (exact) mass is 285 g/mol. The van der Waals surface area contributed by atoms with E-state index >= 15 is 0 Å². The Morgan fingerprint density at radius 2 is 1.79 bits per heavy atom. The third kappa shape index (κ3) is 6.81. The van der Waals surface area contributed by atoms with Crippen molar-refractivity contribution >= 4 is 16.1 Å². The van der Waals surface area contributed by atoms with Crippen LogP contribution in [-0.4, -0.2) is 21.1 Å². The van der Waals surface area contributed by atoms with Gasteiger partial charge < -0.3 is 4.74 Å². The first-order valence-electron chi connectivity index (χ1n) is 5.89. The second-order valence-electron chi connectivity index (χ2n) is 5.48. The number of benzene rings is 1. The molecule has 1 aromatic rings. The first-order chi connectivity index (χ1) is 8.68. The van der Waals surface area contributed by atoms with Crippen molar-refractivity contribution in [1.29, 1.82) is 0 Å². The first-order valence-corrected chi connectivity index (χ1v) is 7.54. The third-order valence-electron chi connectivity index (χ3n) is 2.07. The van der Waals surface area contributed by atoms with Crippen molar-refractivity contribution in [2.24, 2.45) is 5.41 Å². The molecule has 1 rings (SSSR count). The number of hydrogen-bond donors (Lipinski definition) is 1. The Hall–Kier alpha value is -1.56. The molecule has 0 atom stereocenters. The first kappa shape index (κ1) is 15.5. The fourth-order valence-corrected chi connectivity index (χ4v) is 2.28. The van der Waals surface area contributed by atoms with Gasteiger partial charge >= 0.3 is 6.09 Å². The molecule has 19 heavy (non-hydrogen) atoms. The van der Waals surface area contributed by atoms with Gasteiger partial charge in [-0.25, -0.2) is 17.9 Å². The molecule has 0 aliphatic carbocycles. The fraction of sp³-hybridized carbons (Fsp3) is 0.462. The Labute approximate surface area is 114 Å². The van der Waals surface area contributed by atoms with Gasteiger partial charge in [0.2, 0.25) is 10.0 Å². The van der Waals surface area contributed by atoms with Crippen LogP contribution in [0.15, 0.2) is 30.3 Å². The Morgan fingerprint density at radius 1 is 1.21 bits per heavy atom. The van der Waals surface area contributed by atoms with Crippen LogP contribution in [0, 0.1) is 5.41 Å². The SMILES string of the molecule is CC(C)(C)COC(=O)NS(=O)(=O)Cc1ccccc1. The van der Waals surface area contributed by atoms with E-state index in [1.807, 2.05) is 25.5 Å². The molecule has 0 fully saturated rings. The van der Waals surface area contributed by atoms with Crippen molar-refractivity contribution < 1.29 is 17.9 Å². The Morgan fingerprint density at radius 3 is 2.32 bits per heavy atom. The molecule has 1 aromatic carbocycles. The Bertz CT molecular complexity index is 517. The Kier molecular flexibility index (Phi) is 4.94. The van der Waals surface area contributed by atoms with Crippen LogP contribution in [-0.2, 0) is 20.5 Å². The molecule has 1 amide bonds. The van der Waals surface area contributed by atoms with E-state index in [0.717, 1.165) is 0 Å². The summed E-state index contributed by atoms with van der Waals surface area (Å²) in [5.74, 6) is -0.252. The van der Waals surface area contributed by atoms with Crippen LogP contribution in [0.25, 0.3) is 0 Å². The van der Waals surface area contributed by atoms with Crippen molar-refractivity contribution in [2.75, 3.05) is 6.61 Å². The minimum Gasteiger partial charge on any atom is -0.448 e. The lowest BCUT2D eigenvalue weighted by molar-refractivity contribution is 0.111. The van der Waals surface area contributed by atoms with Gasteiger partial charge in [0.15, 0.2) is 0 Å². The maximum Gasteiger partial charge on any atom is 0.420 e. The van der Waals surface area contributed by atoms with Crippen molar-refractivity contribution in [3.8, 4) is 0 Å². The summed E-state index contributed by atoms with van der Waals surface area (Å²) >= 11 is 0. The van der Waals surface area contributed by atoms with Crippen molar-refractivity contribution in [2.45, 2.75) is 26.5 Å². The van der Waals surface area contributed by atoms with E-state index in [0.29, 0.717) is 5.56 Å². The van der Waals surface area contributed by atoms with Crippen LogP contribution in [0.2, 0.25) is 0 Å². The summed E-state index contributed by atoms with van der Waals surface area (Å²) in [5, 5.41) is 0. The van der Waals surface area contributed by atoms with Crippen molar-refractivity contribution in [3.05, 3.63) is 35.9 Å². The van der Waals surface area contributed by atoms with Gasteiger partial charge in [-0.2, -0.15) is 0 Å². The van der Waals surface area contributed by atoms with Crippen LogP contribution < -0.4 is 4.72 Å². The predicted octanol–water partition coefficient (Wildman–Crippen LogP) is 2.29. The van der Waals surface area contributed by atoms with Gasteiger partial charge in [-0.1, -0.05) is 51.1 Å². The molecule has 5 nitrogen and oxygen atoms in total. The molecule has 0 saturated carbocycles. The average Bonchev–Trinajstić information content (AvgIpc) is 2.25. The predicted molar refractivity (Wildman–Crippen MR) is 73.0 cm³/mol. The molecule has 106 valence electrons. The summed E-state index contributed by atoms with van der Waals surface area (Å²) in [4.78, 5) is 11.4. The molecule has 0 radical (unpaired) electrons. The molecule has 0 unspecified atom stereocenters. The number of sulfonamides is 1. The van der Waals surface area contributed by atoms with Crippen LogP contribution in [0.3, 0.4) is 0 Å². The molecule has 0 aliphatic rings. The van der Waals surface area contributed by atoms with E-state index in [-0.39, 0.29) is 17.8 Å². The van der Waals surface area contributed by atoms with Crippen molar-refractivity contribution in [1.82, 2.24) is 4.72 Å². The molecule has 1 N–H and O–H groups in total. The highest BCUT2D eigenvalue weighted by molar-refractivity contribution is 7.89. The molecule has 0 bridgehead atoms. The zero-order valence-electron chi connectivity index (χ0n) is 11.3. The summed E-state index contributed by atoms with van der Waals surface area (Å²) in [6, 6.07) is 8.63. The topological polar surface area (TPSA) is 72.5 Å². The third-order valence-corrected chi connectivity index (χ3v) is 3.27. The maximum absolute atomic E-state index is 11.7. The lowest BCUT2D eigenvalue weighted by Gasteiger charge is -2.17. The van der Waals surface area contributed by atoms with E-state index in [4.69, 9.17) is 4.74 Å². The molecule has 0 heterocycles.